The van der Waals surface area contributed by atoms with Crippen molar-refractivity contribution in [2.45, 2.75) is 27.2 Å². The SMILES string of the molecule is CC(C)(C)CC(CNC(=O)c1cccc(=O)[nH]1)C(=O)O. The van der Waals surface area contributed by atoms with Crippen LogP contribution in [0.15, 0.2) is 23.0 Å². The van der Waals surface area contributed by atoms with E-state index in [9.17, 15) is 14.4 Å². The Bertz CT molecular complexity index is 543. The van der Waals surface area contributed by atoms with Gasteiger partial charge in [-0.1, -0.05) is 26.8 Å². The molecule has 6 heteroatoms. The number of carbonyl (C=O) groups excluding carboxylic acids is 1. The average Bonchev–Trinajstić information content (AvgIpc) is 2.32. The number of hydrogen-bond acceptors (Lipinski definition) is 3. The van der Waals surface area contributed by atoms with E-state index in [4.69, 9.17) is 5.11 Å². The molecular weight excluding hydrogens is 260 g/mol. The summed E-state index contributed by atoms with van der Waals surface area (Å²) in [6.45, 7) is 5.86. The predicted molar refractivity (Wildman–Crippen MR) is 74.6 cm³/mol. The van der Waals surface area contributed by atoms with Gasteiger partial charge < -0.3 is 15.4 Å². The lowest BCUT2D eigenvalue weighted by atomic mass is 9.84. The Hall–Kier alpha value is -2.11. The highest BCUT2D eigenvalue weighted by Gasteiger charge is 2.25. The van der Waals surface area contributed by atoms with Gasteiger partial charge in [0.25, 0.3) is 5.91 Å². The maximum atomic E-state index is 11.8. The molecular formula is C14H20N2O4. The van der Waals surface area contributed by atoms with E-state index in [2.05, 4.69) is 10.3 Å². The van der Waals surface area contributed by atoms with Gasteiger partial charge in [0.05, 0.1) is 5.92 Å². The highest BCUT2D eigenvalue weighted by atomic mass is 16.4. The molecule has 3 N–H and O–H groups in total. The fraction of sp³-hybridized carbons (Fsp3) is 0.500. The fourth-order valence-corrected chi connectivity index (χ4v) is 1.88. The first-order valence-corrected chi connectivity index (χ1v) is 6.39. The third kappa shape index (κ3) is 5.26. The Morgan fingerprint density at radius 2 is 2.00 bits per heavy atom. The second-order valence-corrected chi connectivity index (χ2v) is 5.94. The van der Waals surface area contributed by atoms with Gasteiger partial charge in [-0.15, -0.1) is 0 Å². The summed E-state index contributed by atoms with van der Waals surface area (Å²) in [5, 5.41) is 11.7. The number of aliphatic carboxylic acids is 1. The van der Waals surface area contributed by atoms with Crippen LogP contribution in [0.2, 0.25) is 0 Å². The van der Waals surface area contributed by atoms with E-state index < -0.39 is 17.8 Å². The number of rotatable bonds is 5. The van der Waals surface area contributed by atoms with E-state index in [0.29, 0.717) is 6.42 Å². The van der Waals surface area contributed by atoms with Crippen LogP contribution in [0.3, 0.4) is 0 Å². The van der Waals surface area contributed by atoms with Gasteiger partial charge in [0.1, 0.15) is 5.69 Å². The number of carboxylic acid groups (broad SMARTS) is 1. The van der Waals surface area contributed by atoms with Crippen LogP contribution in [0.25, 0.3) is 0 Å². The van der Waals surface area contributed by atoms with Crippen LogP contribution in [0.1, 0.15) is 37.7 Å². The number of carbonyl (C=O) groups is 2. The number of aromatic amines is 1. The minimum atomic E-state index is -0.943. The van der Waals surface area contributed by atoms with Crippen LogP contribution in [0.5, 0.6) is 0 Å². The molecule has 1 rings (SSSR count). The highest BCUT2D eigenvalue weighted by Crippen LogP contribution is 2.24. The monoisotopic (exact) mass is 280 g/mol. The van der Waals surface area contributed by atoms with Crippen LogP contribution in [-0.2, 0) is 4.79 Å². The molecule has 0 radical (unpaired) electrons. The predicted octanol–water partition coefficient (Wildman–Crippen LogP) is 1.24. The fourth-order valence-electron chi connectivity index (χ4n) is 1.88. The first-order chi connectivity index (χ1) is 9.19. The summed E-state index contributed by atoms with van der Waals surface area (Å²) in [5.74, 6) is -2.08. The largest absolute Gasteiger partial charge is 0.481 e. The Kier molecular flexibility index (Phi) is 5.07. The Morgan fingerprint density at radius 1 is 1.35 bits per heavy atom. The number of hydrogen-bond donors (Lipinski definition) is 3. The average molecular weight is 280 g/mol. The molecule has 20 heavy (non-hydrogen) atoms. The molecule has 0 aliphatic heterocycles. The normalized spacial score (nSPS) is 12.8. The minimum Gasteiger partial charge on any atom is -0.481 e. The van der Waals surface area contributed by atoms with Crippen molar-refractivity contribution in [3.05, 3.63) is 34.2 Å². The summed E-state index contributed by atoms with van der Waals surface area (Å²) in [5.41, 5.74) is -0.394. The molecule has 1 unspecified atom stereocenters. The van der Waals surface area contributed by atoms with Crippen LogP contribution in [0.4, 0.5) is 0 Å². The van der Waals surface area contributed by atoms with Gasteiger partial charge in [-0.25, -0.2) is 0 Å². The molecule has 1 atom stereocenters. The van der Waals surface area contributed by atoms with Crippen molar-refractivity contribution in [3.8, 4) is 0 Å². The number of carboxylic acids is 1. The molecule has 1 aromatic heterocycles. The maximum absolute atomic E-state index is 11.8. The topological polar surface area (TPSA) is 99.3 Å². The lowest BCUT2D eigenvalue weighted by Gasteiger charge is -2.23. The molecule has 0 spiro atoms. The van der Waals surface area contributed by atoms with Crippen molar-refractivity contribution in [2.24, 2.45) is 11.3 Å². The zero-order valence-corrected chi connectivity index (χ0v) is 11.9. The first-order valence-electron chi connectivity index (χ1n) is 6.39. The summed E-state index contributed by atoms with van der Waals surface area (Å²) in [7, 11) is 0. The van der Waals surface area contributed by atoms with E-state index >= 15 is 0 Å². The number of H-pyrrole nitrogens is 1. The number of nitrogens with one attached hydrogen (secondary N) is 2. The minimum absolute atomic E-state index is 0.0301. The van der Waals surface area contributed by atoms with Crippen molar-refractivity contribution in [3.63, 3.8) is 0 Å². The zero-order valence-electron chi connectivity index (χ0n) is 11.9. The maximum Gasteiger partial charge on any atom is 0.308 e. The molecule has 0 fully saturated rings. The molecule has 0 aromatic carbocycles. The van der Waals surface area contributed by atoms with E-state index in [1.54, 1.807) is 0 Å². The van der Waals surface area contributed by atoms with Crippen LogP contribution in [0, 0.1) is 11.3 Å². The van der Waals surface area contributed by atoms with Gasteiger partial charge in [-0.05, 0) is 17.9 Å². The number of pyridine rings is 1. The molecule has 1 amide bonds. The van der Waals surface area contributed by atoms with Crippen LogP contribution < -0.4 is 10.9 Å². The first kappa shape index (κ1) is 15.9. The van der Waals surface area contributed by atoms with E-state index in [-0.39, 0.29) is 23.2 Å². The third-order valence-electron chi connectivity index (χ3n) is 2.73. The van der Waals surface area contributed by atoms with E-state index in [1.165, 1.54) is 18.2 Å². The van der Waals surface area contributed by atoms with Crippen molar-refractivity contribution in [2.75, 3.05) is 6.54 Å². The molecule has 1 heterocycles. The van der Waals surface area contributed by atoms with Crippen molar-refractivity contribution in [1.29, 1.82) is 0 Å². The quantitative estimate of drug-likeness (QED) is 0.755. The molecule has 6 nitrogen and oxygen atoms in total. The van der Waals surface area contributed by atoms with Crippen LogP contribution in [-0.4, -0.2) is 28.5 Å². The van der Waals surface area contributed by atoms with E-state index in [1.807, 2.05) is 20.8 Å². The second-order valence-electron chi connectivity index (χ2n) is 5.94. The summed E-state index contributed by atoms with van der Waals surface area (Å²) in [4.78, 5) is 36.5. The lowest BCUT2D eigenvalue weighted by molar-refractivity contribution is -0.142. The zero-order chi connectivity index (χ0) is 15.3. The van der Waals surface area contributed by atoms with Crippen molar-refractivity contribution < 1.29 is 14.7 Å². The smallest absolute Gasteiger partial charge is 0.308 e. The summed E-state index contributed by atoms with van der Waals surface area (Å²) < 4.78 is 0. The number of aromatic nitrogens is 1. The molecule has 0 saturated carbocycles. The Balaban J connectivity index is 2.66. The summed E-state index contributed by atoms with van der Waals surface area (Å²) >= 11 is 0. The molecule has 1 aromatic rings. The highest BCUT2D eigenvalue weighted by molar-refractivity contribution is 5.92. The third-order valence-corrected chi connectivity index (χ3v) is 2.73. The summed E-state index contributed by atoms with van der Waals surface area (Å²) in [6, 6.07) is 4.24. The lowest BCUT2D eigenvalue weighted by Crippen LogP contribution is -2.35. The van der Waals surface area contributed by atoms with Gasteiger partial charge in [0, 0.05) is 12.6 Å². The summed E-state index contributed by atoms with van der Waals surface area (Å²) in [6.07, 6.45) is 0.452. The molecule has 0 bridgehead atoms. The van der Waals surface area contributed by atoms with Crippen LogP contribution >= 0.6 is 0 Å². The van der Waals surface area contributed by atoms with Gasteiger partial charge in [0.15, 0.2) is 0 Å². The van der Waals surface area contributed by atoms with Crippen molar-refractivity contribution in [1.82, 2.24) is 10.3 Å². The standard InChI is InChI=1S/C14H20N2O4/c1-14(2,3)7-9(13(19)20)8-15-12(18)10-5-4-6-11(17)16-10/h4-6,9H,7-8H2,1-3H3,(H,15,18)(H,16,17)(H,19,20). The molecule has 0 aliphatic carbocycles. The van der Waals surface area contributed by atoms with Gasteiger partial charge >= 0.3 is 5.97 Å². The van der Waals surface area contributed by atoms with Gasteiger partial charge in [-0.3, -0.25) is 14.4 Å². The Morgan fingerprint density at radius 3 is 2.50 bits per heavy atom. The second kappa shape index (κ2) is 6.36. The molecule has 0 saturated heterocycles. The van der Waals surface area contributed by atoms with Gasteiger partial charge in [-0.2, -0.15) is 0 Å². The molecule has 110 valence electrons. The Labute approximate surface area is 117 Å². The van der Waals surface area contributed by atoms with Gasteiger partial charge in [0.2, 0.25) is 5.56 Å². The van der Waals surface area contributed by atoms with Crippen molar-refractivity contribution >= 4 is 11.9 Å². The number of amides is 1. The molecule has 0 aliphatic rings. The van der Waals surface area contributed by atoms with E-state index in [0.717, 1.165) is 0 Å².